The molecule has 0 unspecified atom stereocenters. The number of nitrogens with zero attached hydrogens (tertiary/aromatic N) is 2. The van der Waals surface area contributed by atoms with Crippen molar-refractivity contribution in [1.29, 1.82) is 0 Å². The summed E-state index contributed by atoms with van der Waals surface area (Å²) in [6, 6.07) is 6.86. The summed E-state index contributed by atoms with van der Waals surface area (Å²) in [5.41, 5.74) is 1.98. The first-order chi connectivity index (χ1) is 21.2. The van der Waals surface area contributed by atoms with E-state index in [1.165, 1.54) is 19.3 Å². The number of aliphatic hydroxyl groups is 1. The lowest BCUT2D eigenvalue weighted by atomic mass is 9.86. The van der Waals surface area contributed by atoms with E-state index in [0.29, 0.717) is 35.7 Å². The average Bonchev–Trinajstić information content (AvgIpc) is 3.39. The zero-order valence-corrected chi connectivity index (χ0v) is 25.7. The maximum Gasteiger partial charge on any atom is 0.343 e. The van der Waals surface area contributed by atoms with Gasteiger partial charge < -0.3 is 23.9 Å². The lowest BCUT2D eigenvalue weighted by molar-refractivity contribution is -0.172. The Morgan fingerprint density at radius 3 is 2.50 bits per heavy atom. The van der Waals surface area contributed by atoms with Crippen LogP contribution in [0.3, 0.4) is 0 Å². The zero-order chi connectivity index (χ0) is 31.4. The number of rotatable bonds is 13. The number of pyridine rings is 2. The quantitative estimate of drug-likeness (QED) is 0.124. The highest BCUT2D eigenvalue weighted by Crippen LogP contribution is 2.40. The number of hydrogen-bond donors (Lipinski definition) is 1. The minimum atomic E-state index is -1.89. The molecule has 1 aromatic carbocycles. The van der Waals surface area contributed by atoms with Gasteiger partial charge in [0, 0.05) is 16.5 Å². The van der Waals surface area contributed by atoms with E-state index in [9.17, 15) is 24.3 Å². The molecule has 0 saturated heterocycles. The van der Waals surface area contributed by atoms with Crippen molar-refractivity contribution in [1.82, 2.24) is 9.55 Å². The van der Waals surface area contributed by atoms with Crippen LogP contribution in [-0.4, -0.2) is 39.2 Å². The third kappa shape index (κ3) is 6.00. The first-order valence-electron chi connectivity index (χ1n) is 15.7. The molecule has 3 aromatic rings. The third-order valence-electron chi connectivity index (χ3n) is 8.66. The van der Waals surface area contributed by atoms with Crippen LogP contribution in [0.15, 0.2) is 29.1 Å². The van der Waals surface area contributed by atoms with Crippen LogP contribution in [-0.2, 0) is 49.0 Å². The first kappa shape index (κ1) is 31.4. The van der Waals surface area contributed by atoms with Gasteiger partial charge in [-0.05, 0) is 49.1 Å². The van der Waals surface area contributed by atoms with E-state index in [1.54, 1.807) is 35.8 Å². The topological polar surface area (TPSA) is 134 Å². The zero-order valence-electron chi connectivity index (χ0n) is 25.7. The van der Waals surface area contributed by atoms with Crippen molar-refractivity contribution in [2.75, 3.05) is 6.61 Å². The average molecular weight is 605 g/mol. The van der Waals surface area contributed by atoms with Crippen LogP contribution in [0.25, 0.3) is 22.3 Å². The van der Waals surface area contributed by atoms with Crippen molar-refractivity contribution in [2.24, 2.45) is 0 Å². The molecule has 44 heavy (non-hydrogen) atoms. The van der Waals surface area contributed by atoms with Crippen molar-refractivity contribution in [2.45, 2.75) is 104 Å². The highest BCUT2D eigenvalue weighted by Gasteiger charge is 2.45. The van der Waals surface area contributed by atoms with Gasteiger partial charge >= 0.3 is 17.9 Å². The van der Waals surface area contributed by atoms with Gasteiger partial charge in [-0.25, -0.2) is 9.78 Å². The predicted molar refractivity (Wildman–Crippen MR) is 163 cm³/mol. The Balaban J connectivity index is 1.30. The number of hydrogen-bond acceptors (Lipinski definition) is 9. The van der Waals surface area contributed by atoms with Gasteiger partial charge in [-0.15, -0.1) is 0 Å². The van der Waals surface area contributed by atoms with Crippen LogP contribution in [0.4, 0.5) is 0 Å². The van der Waals surface area contributed by atoms with E-state index in [1.807, 2.05) is 6.92 Å². The monoisotopic (exact) mass is 604 g/mol. The van der Waals surface area contributed by atoms with Crippen molar-refractivity contribution in [3.05, 3.63) is 56.9 Å². The molecule has 2 aliphatic heterocycles. The van der Waals surface area contributed by atoms with Crippen molar-refractivity contribution in [3.8, 4) is 17.1 Å². The Kier molecular flexibility index (Phi) is 9.48. The molecule has 2 aromatic heterocycles. The number of carbonyl (C=O) groups excluding carboxylic acids is 3. The Morgan fingerprint density at radius 2 is 1.75 bits per heavy atom. The minimum Gasteiger partial charge on any atom is -0.466 e. The second kappa shape index (κ2) is 13.3. The highest BCUT2D eigenvalue weighted by molar-refractivity contribution is 5.90. The van der Waals surface area contributed by atoms with Crippen molar-refractivity contribution in [3.63, 3.8) is 0 Å². The molecule has 0 bridgehead atoms. The number of fused-ring (bicyclic) bond motifs is 5. The molecule has 1 atom stereocenters. The summed E-state index contributed by atoms with van der Waals surface area (Å²) in [7, 11) is 0. The molecule has 5 rings (SSSR count). The molecular weight excluding hydrogens is 564 g/mol. The fourth-order valence-corrected chi connectivity index (χ4v) is 6.14. The Bertz CT molecular complexity index is 1660. The number of carbonyl (C=O) groups is 3. The molecule has 2 aliphatic rings. The molecule has 234 valence electrons. The van der Waals surface area contributed by atoms with Gasteiger partial charge in [0.05, 0.1) is 48.5 Å². The molecule has 4 heterocycles. The Labute approximate surface area is 256 Å². The molecule has 0 spiro atoms. The Morgan fingerprint density at radius 1 is 1.00 bits per heavy atom. The third-order valence-corrected chi connectivity index (χ3v) is 8.66. The maximum absolute atomic E-state index is 13.5. The normalized spacial score (nSPS) is 16.7. The summed E-state index contributed by atoms with van der Waals surface area (Å²) >= 11 is 0. The van der Waals surface area contributed by atoms with E-state index in [-0.39, 0.29) is 49.1 Å². The second-order valence-electron chi connectivity index (χ2n) is 11.5. The van der Waals surface area contributed by atoms with Gasteiger partial charge in [-0.2, -0.15) is 0 Å². The van der Waals surface area contributed by atoms with Crippen LogP contribution in [0.5, 0.6) is 5.75 Å². The molecule has 10 heteroatoms. The Hall–Kier alpha value is -4.05. The number of cyclic esters (lactones) is 1. The summed E-state index contributed by atoms with van der Waals surface area (Å²) in [5, 5.41) is 11.9. The summed E-state index contributed by atoms with van der Waals surface area (Å²) in [6.45, 7) is 6.31. The summed E-state index contributed by atoms with van der Waals surface area (Å²) < 4.78 is 17.6. The molecule has 0 fully saturated rings. The van der Waals surface area contributed by atoms with E-state index in [0.717, 1.165) is 35.8 Å². The van der Waals surface area contributed by atoms with Crippen LogP contribution >= 0.6 is 0 Å². The smallest absolute Gasteiger partial charge is 0.343 e. The number of aryl methyl sites for hydroxylation is 1. The first-order valence-corrected chi connectivity index (χ1v) is 15.7. The van der Waals surface area contributed by atoms with Gasteiger partial charge in [0.2, 0.25) is 0 Å². The van der Waals surface area contributed by atoms with E-state index in [4.69, 9.17) is 19.2 Å². The summed E-state index contributed by atoms with van der Waals surface area (Å²) in [4.78, 5) is 55.5. The molecule has 0 radical (unpaired) electrons. The number of aromatic nitrogens is 2. The molecule has 1 N–H and O–H groups in total. The van der Waals surface area contributed by atoms with E-state index < -0.39 is 23.5 Å². The lowest BCUT2D eigenvalue weighted by Gasteiger charge is -2.31. The van der Waals surface area contributed by atoms with Crippen LogP contribution < -0.4 is 10.3 Å². The number of benzene rings is 1. The summed E-state index contributed by atoms with van der Waals surface area (Å²) in [6.07, 6.45) is 7.16. The number of ether oxygens (including phenoxy) is 3. The molecule has 10 nitrogen and oxygen atoms in total. The standard InChI is InChI=1S/C34H40N2O8/c1-4-7-8-9-10-11-16-42-29(37)14-15-30(38)44-21-12-13-27-23(17-21)22(5-2)24-19-36-28(31(24)35-27)18-26-25(32(36)39)20-43-33(40)34(26,41)6-3/h12-13,17-18,41H,4-11,14-16,19-20H2,1-3H3/t34-/m0/s1. The van der Waals surface area contributed by atoms with Gasteiger partial charge in [0.15, 0.2) is 5.60 Å². The fourth-order valence-electron chi connectivity index (χ4n) is 6.14. The SMILES string of the molecule is CCCCCCCCOC(=O)CCC(=O)Oc1ccc2nc3c(c(CC)c2c1)Cn1c-3cc2c(c1=O)COC(=O)[C@]2(O)CC. The van der Waals surface area contributed by atoms with E-state index in [2.05, 4.69) is 6.92 Å². The number of unbranched alkanes of at least 4 members (excludes halogenated alkanes) is 5. The molecule has 0 saturated carbocycles. The van der Waals surface area contributed by atoms with Gasteiger partial charge in [0.25, 0.3) is 5.56 Å². The van der Waals surface area contributed by atoms with Gasteiger partial charge in [-0.1, -0.05) is 52.9 Å². The molecular formula is C34H40N2O8. The summed E-state index contributed by atoms with van der Waals surface area (Å²) in [5.74, 6) is -1.36. The molecule has 0 aliphatic carbocycles. The second-order valence-corrected chi connectivity index (χ2v) is 11.5. The minimum absolute atomic E-state index is 0.0433. The van der Waals surface area contributed by atoms with E-state index >= 15 is 0 Å². The van der Waals surface area contributed by atoms with Crippen LogP contribution in [0.2, 0.25) is 0 Å². The largest absolute Gasteiger partial charge is 0.466 e. The van der Waals surface area contributed by atoms with Crippen LogP contribution in [0.1, 0.15) is 101 Å². The maximum atomic E-state index is 13.5. The number of esters is 3. The van der Waals surface area contributed by atoms with Crippen molar-refractivity contribution < 1.29 is 33.7 Å². The lowest BCUT2D eigenvalue weighted by Crippen LogP contribution is -2.44. The fraction of sp³-hybridized carbons (Fsp3) is 0.500. The predicted octanol–water partition coefficient (Wildman–Crippen LogP) is 5.23. The highest BCUT2D eigenvalue weighted by atomic mass is 16.6. The van der Waals surface area contributed by atoms with Gasteiger partial charge in [-0.3, -0.25) is 14.4 Å². The van der Waals surface area contributed by atoms with Crippen LogP contribution in [0, 0.1) is 0 Å². The molecule has 0 amide bonds. The van der Waals surface area contributed by atoms with Crippen molar-refractivity contribution >= 4 is 28.8 Å². The van der Waals surface area contributed by atoms with Gasteiger partial charge in [0.1, 0.15) is 12.4 Å².